The molecule has 0 spiro atoms. The van der Waals surface area contributed by atoms with E-state index in [1.54, 1.807) is 36.4 Å². The predicted octanol–water partition coefficient (Wildman–Crippen LogP) is 3.23. The molecule has 2 aromatic carbocycles. The van der Waals surface area contributed by atoms with Gasteiger partial charge in [0, 0.05) is 11.3 Å². The number of aliphatic carboxylic acids is 1. The van der Waals surface area contributed by atoms with E-state index in [0.717, 1.165) is 24.8 Å². The molecule has 1 fully saturated rings. The lowest BCUT2D eigenvalue weighted by Crippen LogP contribution is -2.26. The Balaban J connectivity index is 0.00000300. The number of aliphatic hydroxyl groups excluding tert-OH is 1. The zero-order chi connectivity index (χ0) is 20.3. The molecule has 0 aliphatic heterocycles. The van der Waals surface area contributed by atoms with Gasteiger partial charge in [-0.15, -0.1) is 12.4 Å². The number of benzene rings is 2. The Morgan fingerprint density at radius 3 is 2.48 bits per heavy atom. The molecule has 156 valence electrons. The normalized spacial score (nSPS) is 19.1. The number of nitrogen functional groups attached to an aromatic ring is 1. The van der Waals surface area contributed by atoms with Gasteiger partial charge in [-0.25, -0.2) is 4.79 Å². The highest BCUT2D eigenvalue weighted by molar-refractivity contribution is 5.95. The number of amidine groups is 1. The fourth-order valence-electron chi connectivity index (χ4n) is 3.43. The van der Waals surface area contributed by atoms with E-state index < -0.39 is 18.1 Å². The quantitative estimate of drug-likeness (QED) is 0.346. The van der Waals surface area contributed by atoms with E-state index in [-0.39, 0.29) is 24.3 Å². The van der Waals surface area contributed by atoms with Crippen molar-refractivity contribution in [3.05, 3.63) is 59.2 Å². The number of carbonyl (C=O) groups is 1. The van der Waals surface area contributed by atoms with Gasteiger partial charge in [0.05, 0.1) is 6.10 Å². The minimum absolute atomic E-state index is 0. The first-order valence-corrected chi connectivity index (χ1v) is 9.23. The molecule has 7 nitrogen and oxygen atoms in total. The van der Waals surface area contributed by atoms with Crippen LogP contribution in [-0.2, 0) is 4.79 Å². The molecule has 0 saturated heterocycles. The molecule has 0 radical (unpaired) electrons. The van der Waals surface area contributed by atoms with Gasteiger partial charge >= 0.3 is 5.97 Å². The van der Waals surface area contributed by atoms with Crippen LogP contribution in [0.1, 0.15) is 42.0 Å². The van der Waals surface area contributed by atoms with Crippen LogP contribution in [0.3, 0.4) is 0 Å². The Morgan fingerprint density at radius 2 is 1.93 bits per heavy atom. The van der Waals surface area contributed by atoms with Crippen LogP contribution in [0.15, 0.2) is 42.5 Å². The summed E-state index contributed by atoms with van der Waals surface area (Å²) in [4.78, 5) is 11.9. The number of aryl methyl sites for hydroxylation is 1. The molecule has 0 bridgehead atoms. The largest absolute Gasteiger partial charge is 0.488 e. The van der Waals surface area contributed by atoms with Crippen molar-refractivity contribution in [2.75, 3.05) is 5.32 Å². The Morgan fingerprint density at radius 1 is 1.24 bits per heavy atom. The predicted molar refractivity (Wildman–Crippen MR) is 114 cm³/mol. The molecule has 1 aliphatic carbocycles. The van der Waals surface area contributed by atoms with Crippen molar-refractivity contribution in [1.82, 2.24) is 0 Å². The van der Waals surface area contributed by atoms with Crippen LogP contribution in [0.5, 0.6) is 5.75 Å². The molecule has 3 unspecified atom stereocenters. The van der Waals surface area contributed by atoms with Gasteiger partial charge in [-0.2, -0.15) is 0 Å². The second-order valence-electron chi connectivity index (χ2n) is 7.14. The van der Waals surface area contributed by atoms with E-state index in [1.165, 1.54) is 0 Å². The van der Waals surface area contributed by atoms with Crippen LogP contribution in [0, 0.1) is 12.3 Å². The molecule has 0 aromatic heterocycles. The van der Waals surface area contributed by atoms with Crippen molar-refractivity contribution < 1.29 is 19.7 Å². The summed E-state index contributed by atoms with van der Waals surface area (Å²) in [6, 6.07) is 11.1. The third-order valence-electron chi connectivity index (χ3n) is 4.87. The van der Waals surface area contributed by atoms with Crippen molar-refractivity contribution in [2.24, 2.45) is 5.73 Å². The van der Waals surface area contributed by atoms with E-state index in [0.29, 0.717) is 22.6 Å². The number of halogens is 1. The Labute approximate surface area is 175 Å². The first-order chi connectivity index (χ1) is 13.3. The van der Waals surface area contributed by atoms with E-state index in [4.69, 9.17) is 15.9 Å². The maximum Gasteiger partial charge on any atom is 0.330 e. The number of aliphatic hydroxyl groups is 1. The zero-order valence-electron chi connectivity index (χ0n) is 16.1. The van der Waals surface area contributed by atoms with Crippen molar-refractivity contribution in [3.63, 3.8) is 0 Å². The minimum atomic E-state index is -1.02. The van der Waals surface area contributed by atoms with Crippen LogP contribution in [0.25, 0.3) is 0 Å². The van der Waals surface area contributed by atoms with Gasteiger partial charge < -0.3 is 26.0 Å². The molecule has 29 heavy (non-hydrogen) atoms. The van der Waals surface area contributed by atoms with Crippen LogP contribution in [0.4, 0.5) is 5.69 Å². The Hall–Kier alpha value is -2.77. The summed E-state index contributed by atoms with van der Waals surface area (Å²) in [6.45, 7) is 1.88. The van der Waals surface area contributed by atoms with Crippen LogP contribution in [-0.4, -0.2) is 34.2 Å². The average Bonchev–Trinajstić information content (AvgIpc) is 3.04. The number of ether oxygens (including phenoxy) is 1. The van der Waals surface area contributed by atoms with Crippen LogP contribution in [0.2, 0.25) is 0 Å². The summed E-state index contributed by atoms with van der Waals surface area (Å²) < 4.78 is 5.92. The van der Waals surface area contributed by atoms with E-state index in [9.17, 15) is 15.0 Å². The van der Waals surface area contributed by atoms with Crippen molar-refractivity contribution in [3.8, 4) is 5.75 Å². The van der Waals surface area contributed by atoms with Gasteiger partial charge in [0.2, 0.25) is 0 Å². The lowest BCUT2D eigenvalue weighted by atomic mass is 10.0. The molecule has 8 heteroatoms. The number of anilines is 1. The van der Waals surface area contributed by atoms with E-state index in [2.05, 4.69) is 5.32 Å². The third-order valence-corrected chi connectivity index (χ3v) is 4.87. The number of carboxylic acids is 1. The minimum Gasteiger partial charge on any atom is -0.488 e. The van der Waals surface area contributed by atoms with Crippen molar-refractivity contribution in [1.29, 1.82) is 5.41 Å². The SMILES string of the molecule is Cc1cc(OC2CCCC2O)cc(C(Nc2ccc(C(=N)N)cc2)C(=O)O)c1.Cl. The van der Waals surface area contributed by atoms with E-state index in [1.807, 2.05) is 13.0 Å². The molecule has 3 atom stereocenters. The molecule has 6 N–H and O–H groups in total. The zero-order valence-corrected chi connectivity index (χ0v) is 16.9. The molecule has 0 amide bonds. The number of hydrogen-bond acceptors (Lipinski definition) is 5. The van der Waals surface area contributed by atoms with Crippen molar-refractivity contribution >= 4 is 29.9 Å². The van der Waals surface area contributed by atoms with Gasteiger partial charge in [-0.1, -0.05) is 6.07 Å². The van der Waals surface area contributed by atoms with Crippen molar-refractivity contribution in [2.45, 2.75) is 44.4 Å². The maximum atomic E-state index is 11.9. The van der Waals surface area contributed by atoms with Crippen LogP contribution < -0.4 is 15.8 Å². The Bertz CT molecular complexity index is 873. The highest BCUT2D eigenvalue weighted by Crippen LogP contribution is 2.29. The highest BCUT2D eigenvalue weighted by atomic mass is 35.5. The van der Waals surface area contributed by atoms with Gasteiger partial charge in [0.25, 0.3) is 0 Å². The lowest BCUT2D eigenvalue weighted by Gasteiger charge is -2.21. The number of rotatable bonds is 7. The molecule has 1 saturated carbocycles. The second-order valence-corrected chi connectivity index (χ2v) is 7.14. The summed E-state index contributed by atoms with van der Waals surface area (Å²) >= 11 is 0. The number of hydrogen-bond donors (Lipinski definition) is 5. The second kappa shape index (κ2) is 9.62. The average molecular weight is 420 g/mol. The van der Waals surface area contributed by atoms with Gasteiger partial charge in [-0.05, 0) is 73.7 Å². The summed E-state index contributed by atoms with van der Waals surface area (Å²) in [7, 11) is 0. The highest BCUT2D eigenvalue weighted by Gasteiger charge is 2.28. The summed E-state index contributed by atoms with van der Waals surface area (Å²) in [5, 5.41) is 30.2. The topological polar surface area (TPSA) is 129 Å². The number of nitrogens with one attached hydrogen (secondary N) is 2. The molecule has 1 aliphatic rings. The van der Waals surface area contributed by atoms with Gasteiger partial charge in [-0.3, -0.25) is 5.41 Å². The smallest absolute Gasteiger partial charge is 0.330 e. The fraction of sp³-hybridized carbons (Fsp3) is 0.333. The van der Waals surface area contributed by atoms with E-state index >= 15 is 0 Å². The molecule has 0 heterocycles. The number of nitrogens with two attached hydrogens (primary N) is 1. The first-order valence-electron chi connectivity index (χ1n) is 9.23. The van der Waals surface area contributed by atoms with Crippen LogP contribution >= 0.6 is 12.4 Å². The molecule has 2 aromatic rings. The monoisotopic (exact) mass is 419 g/mol. The third kappa shape index (κ3) is 5.62. The first kappa shape index (κ1) is 22.5. The molecular weight excluding hydrogens is 394 g/mol. The fourth-order valence-corrected chi connectivity index (χ4v) is 3.43. The molecule has 3 rings (SSSR count). The molecular formula is C21H26ClN3O4. The summed E-state index contributed by atoms with van der Waals surface area (Å²) in [6.07, 6.45) is 1.68. The summed E-state index contributed by atoms with van der Waals surface area (Å²) in [5.74, 6) is -0.509. The number of carboxylic acid groups (broad SMARTS) is 1. The maximum absolute atomic E-state index is 11.9. The van der Waals surface area contributed by atoms with Gasteiger partial charge in [0.1, 0.15) is 17.7 Å². The Kier molecular flexibility index (Phi) is 7.47. The van der Waals surface area contributed by atoms with Gasteiger partial charge in [0.15, 0.2) is 6.04 Å². The lowest BCUT2D eigenvalue weighted by molar-refractivity contribution is -0.138. The summed E-state index contributed by atoms with van der Waals surface area (Å²) in [5.41, 5.74) is 8.06. The standard InChI is InChI=1S/C21H25N3O4.ClH/c1-12-9-14(11-16(10-12)28-18-4-2-3-17(18)25)19(21(26)27)24-15-7-5-13(6-8-15)20(22)23;/h5-11,17-19,24-25H,2-4H2,1H3,(H3,22,23)(H,26,27);1H.